The molecule has 0 radical (unpaired) electrons. The predicted octanol–water partition coefficient (Wildman–Crippen LogP) is 4.86. The molecule has 0 unspecified atom stereocenters. The molecule has 3 amide bonds. The molecule has 0 heterocycles. The van der Waals surface area contributed by atoms with Crippen LogP contribution >= 0.6 is 0 Å². The lowest BCUT2D eigenvalue weighted by molar-refractivity contribution is 0.102. The quantitative estimate of drug-likeness (QED) is 0.616. The summed E-state index contributed by atoms with van der Waals surface area (Å²) in [6.45, 7) is 0. The summed E-state index contributed by atoms with van der Waals surface area (Å²) in [6.07, 6.45) is 0. The first-order valence-corrected chi connectivity index (χ1v) is 8.01. The van der Waals surface area contributed by atoms with Gasteiger partial charge in [-0.2, -0.15) is 0 Å². The van der Waals surface area contributed by atoms with E-state index in [1.807, 2.05) is 6.07 Å². The lowest BCUT2D eigenvalue weighted by atomic mass is 10.2. The molecule has 0 saturated carbocycles. The van der Waals surface area contributed by atoms with Crippen LogP contribution in [0.25, 0.3) is 0 Å². The van der Waals surface area contributed by atoms with Crippen molar-refractivity contribution in [3.63, 3.8) is 0 Å². The van der Waals surface area contributed by atoms with Crippen LogP contribution in [0.1, 0.15) is 10.4 Å². The number of halogens is 2. The number of carbonyl (C=O) groups excluding carboxylic acids is 2. The summed E-state index contributed by atoms with van der Waals surface area (Å²) in [7, 11) is 0. The average molecular weight is 367 g/mol. The van der Waals surface area contributed by atoms with Crippen LogP contribution in [0.3, 0.4) is 0 Å². The fraction of sp³-hybridized carbons (Fsp3) is 0. The Morgan fingerprint density at radius 3 is 1.96 bits per heavy atom. The SMILES string of the molecule is O=C(Nc1ccccc1)Nc1cccc(NC(=O)c2ccc(F)c(F)c2)c1. The fourth-order valence-corrected chi connectivity index (χ4v) is 2.33. The van der Waals surface area contributed by atoms with E-state index in [1.165, 1.54) is 6.07 Å². The Labute approximate surface area is 154 Å². The lowest BCUT2D eigenvalue weighted by Crippen LogP contribution is -2.19. The van der Waals surface area contributed by atoms with Crippen molar-refractivity contribution in [2.24, 2.45) is 0 Å². The number of nitrogens with one attached hydrogen (secondary N) is 3. The van der Waals surface area contributed by atoms with Crippen molar-refractivity contribution in [1.29, 1.82) is 0 Å². The average Bonchev–Trinajstić information content (AvgIpc) is 2.65. The smallest absolute Gasteiger partial charge is 0.322 e. The van der Waals surface area contributed by atoms with Gasteiger partial charge in [-0.1, -0.05) is 24.3 Å². The third-order valence-corrected chi connectivity index (χ3v) is 3.59. The van der Waals surface area contributed by atoms with E-state index in [4.69, 9.17) is 0 Å². The molecule has 3 aromatic carbocycles. The number of carbonyl (C=O) groups is 2. The number of urea groups is 1. The van der Waals surface area contributed by atoms with Gasteiger partial charge in [0.2, 0.25) is 0 Å². The van der Waals surface area contributed by atoms with E-state index in [2.05, 4.69) is 16.0 Å². The molecule has 0 fully saturated rings. The summed E-state index contributed by atoms with van der Waals surface area (Å²) in [4.78, 5) is 24.2. The molecule has 5 nitrogen and oxygen atoms in total. The van der Waals surface area contributed by atoms with Crippen LogP contribution in [0.15, 0.2) is 72.8 Å². The van der Waals surface area contributed by atoms with E-state index < -0.39 is 23.6 Å². The Bertz CT molecular complexity index is 978. The van der Waals surface area contributed by atoms with Gasteiger partial charge in [-0.05, 0) is 48.5 Å². The second-order valence-corrected chi connectivity index (χ2v) is 5.61. The minimum Gasteiger partial charge on any atom is -0.322 e. The monoisotopic (exact) mass is 367 g/mol. The number of para-hydroxylation sites is 1. The Balaban J connectivity index is 1.65. The van der Waals surface area contributed by atoms with Crippen molar-refractivity contribution in [2.75, 3.05) is 16.0 Å². The minimum atomic E-state index is -1.10. The van der Waals surface area contributed by atoms with E-state index in [0.29, 0.717) is 17.1 Å². The number of hydrogen-bond acceptors (Lipinski definition) is 2. The first kappa shape index (κ1) is 18.1. The van der Waals surface area contributed by atoms with Crippen LogP contribution in [-0.4, -0.2) is 11.9 Å². The second-order valence-electron chi connectivity index (χ2n) is 5.61. The van der Waals surface area contributed by atoms with Gasteiger partial charge in [0.05, 0.1) is 0 Å². The normalized spacial score (nSPS) is 10.1. The molecule has 7 heteroatoms. The van der Waals surface area contributed by atoms with Crippen LogP contribution in [0.5, 0.6) is 0 Å². The van der Waals surface area contributed by atoms with Crippen molar-refractivity contribution in [3.8, 4) is 0 Å². The molecule has 0 aliphatic rings. The zero-order valence-corrected chi connectivity index (χ0v) is 14.0. The summed E-state index contributed by atoms with van der Waals surface area (Å²) in [5, 5.41) is 7.89. The third-order valence-electron chi connectivity index (χ3n) is 3.59. The highest BCUT2D eigenvalue weighted by Gasteiger charge is 2.10. The van der Waals surface area contributed by atoms with Crippen LogP contribution in [0, 0.1) is 11.6 Å². The van der Waals surface area contributed by atoms with Crippen molar-refractivity contribution in [3.05, 3.63) is 90.0 Å². The van der Waals surface area contributed by atoms with Gasteiger partial charge in [-0.25, -0.2) is 13.6 Å². The fourth-order valence-electron chi connectivity index (χ4n) is 2.33. The Morgan fingerprint density at radius 1 is 0.630 bits per heavy atom. The molecule has 3 N–H and O–H groups in total. The van der Waals surface area contributed by atoms with Crippen molar-refractivity contribution in [1.82, 2.24) is 0 Å². The summed E-state index contributed by atoms with van der Waals surface area (Å²) in [6, 6.07) is 17.8. The lowest BCUT2D eigenvalue weighted by Gasteiger charge is -2.10. The number of anilines is 3. The molecule has 0 aromatic heterocycles. The molecule has 0 saturated heterocycles. The van der Waals surface area contributed by atoms with E-state index >= 15 is 0 Å². The molecule has 27 heavy (non-hydrogen) atoms. The first-order valence-electron chi connectivity index (χ1n) is 8.01. The van der Waals surface area contributed by atoms with E-state index in [0.717, 1.165) is 12.1 Å². The second kappa shape index (κ2) is 8.09. The van der Waals surface area contributed by atoms with E-state index in [9.17, 15) is 18.4 Å². The van der Waals surface area contributed by atoms with Crippen molar-refractivity contribution >= 4 is 29.0 Å². The number of rotatable bonds is 4. The van der Waals surface area contributed by atoms with Gasteiger partial charge < -0.3 is 16.0 Å². The van der Waals surface area contributed by atoms with Gasteiger partial charge in [0, 0.05) is 22.6 Å². The van der Waals surface area contributed by atoms with Gasteiger partial charge in [-0.3, -0.25) is 4.79 Å². The van der Waals surface area contributed by atoms with Crippen LogP contribution < -0.4 is 16.0 Å². The molecule has 3 aromatic rings. The van der Waals surface area contributed by atoms with Gasteiger partial charge in [-0.15, -0.1) is 0 Å². The number of amides is 3. The van der Waals surface area contributed by atoms with Gasteiger partial charge in [0.1, 0.15) is 0 Å². The van der Waals surface area contributed by atoms with Crippen molar-refractivity contribution < 1.29 is 18.4 Å². The maximum Gasteiger partial charge on any atom is 0.323 e. The molecule has 0 aliphatic carbocycles. The van der Waals surface area contributed by atoms with Gasteiger partial charge in [0.25, 0.3) is 5.91 Å². The predicted molar refractivity (Wildman–Crippen MR) is 99.8 cm³/mol. The highest BCUT2D eigenvalue weighted by atomic mass is 19.2. The van der Waals surface area contributed by atoms with Crippen LogP contribution in [-0.2, 0) is 0 Å². The summed E-state index contributed by atoms with van der Waals surface area (Å²) in [5.74, 6) is -2.72. The highest BCUT2D eigenvalue weighted by molar-refractivity contribution is 6.05. The first-order chi connectivity index (χ1) is 13.0. The number of hydrogen-bond donors (Lipinski definition) is 3. The van der Waals surface area contributed by atoms with Crippen LogP contribution in [0.2, 0.25) is 0 Å². The summed E-state index contributed by atoms with van der Waals surface area (Å²) >= 11 is 0. The van der Waals surface area contributed by atoms with Crippen LogP contribution in [0.4, 0.5) is 30.6 Å². The third kappa shape index (κ3) is 4.88. The molecular weight excluding hydrogens is 352 g/mol. The topological polar surface area (TPSA) is 70.2 Å². The maximum atomic E-state index is 13.3. The zero-order chi connectivity index (χ0) is 19.2. The van der Waals surface area contributed by atoms with Crippen molar-refractivity contribution in [2.45, 2.75) is 0 Å². The molecular formula is C20H15F2N3O2. The Hall–Kier alpha value is -3.74. The number of benzene rings is 3. The maximum absolute atomic E-state index is 13.3. The molecule has 0 atom stereocenters. The molecule has 136 valence electrons. The van der Waals surface area contributed by atoms with E-state index in [1.54, 1.807) is 48.5 Å². The van der Waals surface area contributed by atoms with Gasteiger partial charge in [0.15, 0.2) is 11.6 Å². The zero-order valence-electron chi connectivity index (χ0n) is 14.0. The summed E-state index contributed by atoms with van der Waals surface area (Å²) < 4.78 is 26.2. The summed E-state index contributed by atoms with van der Waals surface area (Å²) in [5.41, 5.74) is 1.46. The standard InChI is InChI=1S/C20H15F2N3O2/c21-17-10-9-13(11-18(17)22)19(26)23-15-7-4-8-16(12-15)25-20(27)24-14-5-2-1-3-6-14/h1-12H,(H,23,26)(H2,24,25,27). The highest BCUT2D eigenvalue weighted by Crippen LogP contribution is 2.17. The van der Waals surface area contributed by atoms with E-state index in [-0.39, 0.29) is 5.56 Å². The Morgan fingerprint density at radius 2 is 1.26 bits per heavy atom. The molecule has 0 bridgehead atoms. The molecule has 0 spiro atoms. The minimum absolute atomic E-state index is 0.0194. The van der Waals surface area contributed by atoms with Gasteiger partial charge >= 0.3 is 6.03 Å². The molecule has 3 rings (SSSR count). The largest absolute Gasteiger partial charge is 0.323 e. The molecule has 0 aliphatic heterocycles. The Kier molecular flexibility index (Phi) is 5.41.